The number of nitrogens with zero attached hydrogens (tertiary/aromatic N) is 2. The van der Waals surface area contributed by atoms with Crippen LogP contribution in [0, 0.1) is 5.82 Å². The highest BCUT2D eigenvalue weighted by molar-refractivity contribution is 7.89. The maximum Gasteiger partial charge on any atom is 0.431 e. The molecule has 2 fully saturated rings. The van der Waals surface area contributed by atoms with Crippen LogP contribution < -0.4 is 0 Å². The minimum absolute atomic E-state index is 0.00371. The van der Waals surface area contributed by atoms with E-state index >= 15 is 0 Å². The summed E-state index contributed by atoms with van der Waals surface area (Å²) in [6.45, 7) is -2.75. The van der Waals surface area contributed by atoms with Crippen LogP contribution in [0.4, 0.5) is 31.1 Å². The van der Waals surface area contributed by atoms with E-state index in [0.29, 0.717) is 0 Å². The summed E-state index contributed by atoms with van der Waals surface area (Å²) in [5.41, 5.74) is -1.05. The summed E-state index contributed by atoms with van der Waals surface area (Å²) in [6, 6.07) is 4.23. The van der Waals surface area contributed by atoms with Gasteiger partial charge >= 0.3 is 18.2 Å². The fraction of sp³-hybridized carbons (Fsp3) is 0.632. The Hall–Kier alpha value is -2.10. The molecule has 0 aromatic heterocycles. The van der Waals surface area contributed by atoms with Crippen molar-refractivity contribution in [3.8, 4) is 0 Å². The van der Waals surface area contributed by atoms with Crippen LogP contribution in [0.3, 0.4) is 0 Å². The molecule has 0 radical (unpaired) electrons. The van der Waals surface area contributed by atoms with E-state index in [1.54, 1.807) is 0 Å². The molecule has 2 aliphatic rings. The lowest BCUT2D eigenvalue weighted by Gasteiger charge is -2.46. The Balaban J connectivity index is 1.66. The molecule has 192 valence electrons. The van der Waals surface area contributed by atoms with Crippen molar-refractivity contribution in [3.05, 3.63) is 30.1 Å². The van der Waals surface area contributed by atoms with Crippen LogP contribution in [0.5, 0.6) is 0 Å². The third-order valence-corrected chi connectivity index (χ3v) is 7.57. The average molecular weight is 520 g/mol. The topological polar surface area (TPSA) is 96.4 Å². The molecule has 1 atom stereocenters. The van der Waals surface area contributed by atoms with E-state index in [1.807, 2.05) is 0 Å². The molecule has 34 heavy (non-hydrogen) atoms. The van der Waals surface area contributed by atoms with Crippen LogP contribution in [0.1, 0.15) is 12.8 Å². The lowest BCUT2D eigenvalue weighted by atomic mass is 9.90. The quantitative estimate of drug-likeness (QED) is 0.599. The van der Waals surface area contributed by atoms with Gasteiger partial charge in [0.05, 0.1) is 17.1 Å². The van der Waals surface area contributed by atoms with Crippen LogP contribution in [0.25, 0.3) is 0 Å². The molecule has 1 unspecified atom stereocenters. The summed E-state index contributed by atoms with van der Waals surface area (Å²) in [4.78, 5) is 12.8. The minimum atomic E-state index is -5.61. The van der Waals surface area contributed by atoms with E-state index in [9.17, 15) is 39.6 Å². The monoisotopic (exact) mass is 520 g/mol. The number of aliphatic hydroxyl groups is 1. The first-order valence-corrected chi connectivity index (χ1v) is 11.5. The number of hydrogen-bond donors (Lipinski definition) is 1. The zero-order valence-electron chi connectivity index (χ0n) is 17.6. The van der Waals surface area contributed by atoms with Gasteiger partial charge in [-0.05, 0) is 37.1 Å². The second-order valence-electron chi connectivity index (χ2n) is 8.04. The predicted octanol–water partition coefficient (Wildman–Crippen LogP) is 2.38. The van der Waals surface area contributed by atoms with Gasteiger partial charge in [-0.25, -0.2) is 17.6 Å². The first-order valence-electron chi connectivity index (χ1n) is 10.1. The molecule has 1 aromatic carbocycles. The van der Waals surface area contributed by atoms with Crippen LogP contribution in [0.15, 0.2) is 29.2 Å². The number of carbonyl (C=O) groups is 1. The average Bonchev–Trinajstić information content (AvgIpc) is 2.77. The van der Waals surface area contributed by atoms with Gasteiger partial charge in [-0.2, -0.15) is 26.3 Å². The number of benzene rings is 1. The van der Waals surface area contributed by atoms with E-state index in [0.717, 1.165) is 33.5 Å². The fourth-order valence-electron chi connectivity index (χ4n) is 3.82. The summed E-state index contributed by atoms with van der Waals surface area (Å²) in [6.07, 6.45) is -11.1. The number of sulfonamides is 1. The van der Waals surface area contributed by atoms with Gasteiger partial charge in [0.1, 0.15) is 12.4 Å². The normalized spacial score (nSPS) is 20.9. The van der Waals surface area contributed by atoms with Gasteiger partial charge in [-0.1, -0.05) is 0 Å². The Bertz CT molecular complexity index is 980. The van der Waals surface area contributed by atoms with Crippen molar-refractivity contribution >= 4 is 16.1 Å². The summed E-state index contributed by atoms with van der Waals surface area (Å²) < 4.78 is 116. The molecule has 0 aliphatic carbocycles. The van der Waals surface area contributed by atoms with Gasteiger partial charge in [0, 0.05) is 26.2 Å². The maximum absolute atomic E-state index is 13.5. The Kier molecular flexibility index (Phi) is 7.41. The largest absolute Gasteiger partial charge is 0.431 e. The molecule has 1 aromatic rings. The summed E-state index contributed by atoms with van der Waals surface area (Å²) in [5.74, 6) is -5.34. The molecule has 1 N–H and O–H groups in total. The third-order valence-electron chi connectivity index (χ3n) is 5.71. The van der Waals surface area contributed by atoms with E-state index in [-0.39, 0.29) is 50.5 Å². The zero-order valence-corrected chi connectivity index (χ0v) is 18.4. The molecule has 2 aliphatic heterocycles. The second-order valence-corrected chi connectivity index (χ2v) is 9.97. The predicted molar refractivity (Wildman–Crippen MR) is 103 cm³/mol. The number of likely N-dealkylation sites (tertiary alicyclic amines) is 1. The Morgan fingerprint density at radius 2 is 1.71 bits per heavy atom. The number of halogens is 6. The van der Waals surface area contributed by atoms with Crippen LogP contribution >= 0.6 is 0 Å². The molecule has 1 spiro atoms. The molecule has 15 heteroatoms. The standard InChI is InChI=1S/C19H22F6N2O6S/c20-13-1-3-14(4-2-13)34(30,31)27-9-10-32-17(11-27)5-7-26(8-6-17)16(29)33-15(19(23,24)25)18(21,22)12-28/h1-4,15,28H,5-12H2. The first kappa shape index (κ1) is 26.5. The van der Waals surface area contributed by atoms with E-state index < -0.39 is 52.3 Å². The van der Waals surface area contributed by atoms with Gasteiger partial charge in [0.25, 0.3) is 6.10 Å². The van der Waals surface area contributed by atoms with Crippen molar-refractivity contribution in [3.63, 3.8) is 0 Å². The second kappa shape index (κ2) is 9.51. The van der Waals surface area contributed by atoms with Crippen LogP contribution in [-0.4, -0.2) is 92.0 Å². The lowest BCUT2D eigenvalue weighted by molar-refractivity contribution is -0.277. The highest BCUT2D eigenvalue weighted by Gasteiger charge is 2.59. The molecule has 2 heterocycles. The number of hydrogen-bond acceptors (Lipinski definition) is 6. The van der Waals surface area contributed by atoms with Gasteiger partial charge in [-0.15, -0.1) is 0 Å². The SMILES string of the molecule is O=C(OC(C(F)(F)F)C(F)(F)CO)N1CCC2(CC1)CN(S(=O)(=O)c1ccc(F)cc1)CCO2. The first-order chi connectivity index (χ1) is 15.7. The van der Waals surface area contributed by atoms with Crippen molar-refractivity contribution in [1.82, 2.24) is 9.21 Å². The van der Waals surface area contributed by atoms with Crippen molar-refractivity contribution in [1.29, 1.82) is 0 Å². The summed E-state index contributed by atoms with van der Waals surface area (Å²) >= 11 is 0. The molecule has 1 amide bonds. The fourth-order valence-corrected chi connectivity index (χ4v) is 5.32. The maximum atomic E-state index is 13.5. The molecule has 0 saturated carbocycles. The van der Waals surface area contributed by atoms with E-state index in [1.165, 1.54) is 0 Å². The number of carbonyl (C=O) groups excluding carboxylic acids is 1. The number of amides is 1. The number of aliphatic hydroxyl groups excluding tert-OH is 1. The van der Waals surface area contributed by atoms with Gasteiger partial charge in [0.15, 0.2) is 0 Å². The molecular formula is C19H22F6N2O6S. The number of rotatable bonds is 5. The third kappa shape index (κ3) is 5.58. The van der Waals surface area contributed by atoms with Crippen molar-refractivity contribution in [2.45, 2.75) is 41.5 Å². The van der Waals surface area contributed by atoms with E-state index in [2.05, 4.69) is 4.74 Å². The lowest BCUT2D eigenvalue weighted by Crippen LogP contribution is -2.59. The number of ether oxygens (including phenoxy) is 2. The molecule has 2 saturated heterocycles. The van der Waals surface area contributed by atoms with Crippen LogP contribution in [-0.2, 0) is 19.5 Å². The zero-order chi connectivity index (χ0) is 25.4. The molecule has 8 nitrogen and oxygen atoms in total. The van der Waals surface area contributed by atoms with Crippen molar-refractivity contribution < 1.29 is 54.1 Å². The van der Waals surface area contributed by atoms with Gasteiger partial charge < -0.3 is 19.5 Å². The van der Waals surface area contributed by atoms with Gasteiger partial charge in [0.2, 0.25) is 10.0 Å². The van der Waals surface area contributed by atoms with Crippen molar-refractivity contribution in [2.24, 2.45) is 0 Å². The summed E-state index contributed by atoms with van der Waals surface area (Å²) in [7, 11) is -3.99. The Labute approximate surface area is 191 Å². The van der Waals surface area contributed by atoms with Gasteiger partial charge in [-0.3, -0.25) is 0 Å². The Morgan fingerprint density at radius 3 is 2.24 bits per heavy atom. The molecule has 0 bridgehead atoms. The smallest absolute Gasteiger partial charge is 0.430 e. The number of alkyl halides is 5. The number of morpholine rings is 1. The van der Waals surface area contributed by atoms with Crippen LogP contribution in [0.2, 0.25) is 0 Å². The highest BCUT2D eigenvalue weighted by Crippen LogP contribution is 2.36. The highest BCUT2D eigenvalue weighted by atomic mass is 32.2. The minimum Gasteiger partial charge on any atom is -0.430 e. The van der Waals surface area contributed by atoms with E-state index in [4.69, 9.17) is 9.84 Å². The summed E-state index contributed by atoms with van der Waals surface area (Å²) in [5, 5.41) is 8.56. The number of piperidine rings is 1. The molecule has 3 rings (SSSR count). The van der Waals surface area contributed by atoms with Crippen molar-refractivity contribution in [2.75, 3.05) is 39.4 Å². The Morgan fingerprint density at radius 1 is 1.12 bits per heavy atom. The molecular weight excluding hydrogens is 498 g/mol.